The quantitative estimate of drug-likeness (QED) is 0.830. The Balaban J connectivity index is 2.37. The molecule has 0 bridgehead atoms. The molecular weight excluding hydrogens is 205 g/mol. The lowest BCUT2D eigenvalue weighted by atomic mass is 9.99. The largest absolute Gasteiger partial charge is 0.316 e. The van der Waals surface area contributed by atoms with Crippen LogP contribution in [0.1, 0.15) is 24.5 Å². The van der Waals surface area contributed by atoms with Gasteiger partial charge >= 0.3 is 0 Å². The van der Waals surface area contributed by atoms with Gasteiger partial charge in [-0.1, -0.05) is 12.1 Å². The van der Waals surface area contributed by atoms with Gasteiger partial charge in [0.1, 0.15) is 5.82 Å². The highest BCUT2D eigenvalue weighted by atomic mass is 19.1. The summed E-state index contributed by atoms with van der Waals surface area (Å²) in [5.74, 6) is -0.195. The third-order valence-corrected chi connectivity index (χ3v) is 2.55. The molecule has 1 aromatic rings. The van der Waals surface area contributed by atoms with Crippen molar-refractivity contribution in [3.8, 4) is 0 Å². The van der Waals surface area contributed by atoms with Crippen molar-refractivity contribution in [3.05, 3.63) is 35.1 Å². The number of halogens is 1. The van der Waals surface area contributed by atoms with E-state index < -0.39 is 0 Å². The van der Waals surface area contributed by atoms with Crippen molar-refractivity contribution in [3.63, 3.8) is 0 Å². The van der Waals surface area contributed by atoms with E-state index in [2.05, 4.69) is 15.5 Å². The van der Waals surface area contributed by atoms with Gasteiger partial charge in [0.2, 0.25) is 0 Å². The molecule has 0 saturated carbocycles. The zero-order valence-electron chi connectivity index (χ0n) is 9.42. The summed E-state index contributed by atoms with van der Waals surface area (Å²) in [7, 11) is 1.80. The topological polar surface area (TPSA) is 36.8 Å². The van der Waals surface area contributed by atoms with E-state index in [1.165, 1.54) is 6.07 Å². The van der Waals surface area contributed by atoms with Crippen LogP contribution in [-0.4, -0.2) is 18.5 Å². The molecule has 0 aromatic heterocycles. The van der Waals surface area contributed by atoms with Crippen molar-refractivity contribution in [1.29, 1.82) is 0 Å². The Hall–Kier alpha value is -1.55. The number of rotatable bonds is 3. The second-order valence-electron chi connectivity index (χ2n) is 3.86. The summed E-state index contributed by atoms with van der Waals surface area (Å²) >= 11 is 0. The van der Waals surface area contributed by atoms with Crippen LogP contribution < -0.4 is 5.32 Å². The Kier molecular flexibility index (Phi) is 3.10. The van der Waals surface area contributed by atoms with E-state index >= 15 is 0 Å². The summed E-state index contributed by atoms with van der Waals surface area (Å²) in [5.41, 5.74) is 3.33. The van der Waals surface area contributed by atoms with Crippen molar-refractivity contribution < 1.29 is 4.39 Å². The van der Waals surface area contributed by atoms with Crippen LogP contribution in [0.25, 0.3) is 0 Å². The average Bonchev–Trinajstić information content (AvgIpc) is 2.68. The van der Waals surface area contributed by atoms with E-state index in [0.29, 0.717) is 18.5 Å². The molecule has 4 heteroatoms. The first kappa shape index (κ1) is 11.0. The molecule has 0 amide bonds. The molecule has 16 heavy (non-hydrogen) atoms. The fraction of sp³-hybridized carbons (Fsp3) is 0.333. The minimum Gasteiger partial charge on any atom is -0.316 e. The highest BCUT2D eigenvalue weighted by Gasteiger charge is 2.16. The molecule has 0 saturated heterocycles. The monoisotopic (exact) mass is 219 g/mol. The molecule has 0 unspecified atom stereocenters. The van der Waals surface area contributed by atoms with Crippen LogP contribution in [-0.2, 0) is 6.54 Å². The molecule has 0 spiro atoms. The molecule has 0 aliphatic carbocycles. The highest BCUT2D eigenvalue weighted by Crippen LogP contribution is 2.18. The lowest BCUT2D eigenvalue weighted by Gasteiger charge is -2.09. The summed E-state index contributed by atoms with van der Waals surface area (Å²) in [6, 6.07) is 5.07. The smallest absolute Gasteiger partial charge is 0.128 e. The van der Waals surface area contributed by atoms with Gasteiger partial charge in [0, 0.05) is 29.8 Å². The molecule has 2 rings (SSSR count). The molecule has 1 aromatic carbocycles. The first-order chi connectivity index (χ1) is 7.72. The number of benzene rings is 1. The standard InChI is InChI=1S/C12H14FN3/c1-8-6-12(16-15-8)9-4-3-5-11(13)10(9)7-14-2/h3-5,14H,6-7H2,1-2H3. The van der Waals surface area contributed by atoms with E-state index in [0.717, 1.165) is 17.0 Å². The van der Waals surface area contributed by atoms with Gasteiger partial charge in [0.15, 0.2) is 0 Å². The van der Waals surface area contributed by atoms with Gasteiger partial charge in [0.25, 0.3) is 0 Å². The molecule has 3 nitrogen and oxygen atoms in total. The number of hydrogen-bond donors (Lipinski definition) is 1. The van der Waals surface area contributed by atoms with Crippen LogP contribution in [0.2, 0.25) is 0 Å². The Morgan fingerprint density at radius 2 is 2.19 bits per heavy atom. The van der Waals surface area contributed by atoms with Crippen LogP contribution in [0.4, 0.5) is 4.39 Å². The first-order valence-corrected chi connectivity index (χ1v) is 5.24. The third kappa shape index (κ3) is 2.02. The van der Waals surface area contributed by atoms with Crippen molar-refractivity contribution in [2.75, 3.05) is 7.05 Å². The molecule has 84 valence electrons. The molecule has 1 N–H and O–H groups in total. The maximum atomic E-state index is 13.7. The van der Waals surface area contributed by atoms with Crippen molar-refractivity contribution in [2.45, 2.75) is 19.9 Å². The Morgan fingerprint density at radius 3 is 2.81 bits per heavy atom. The van der Waals surface area contributed by atoms with Crippen LogP contribution in [0.5, 0.6) is 0 Å². The lowest BCUT2D eigenvalue weighted by Crippen LogP contribution is -2.13. The normalized spacial score (nSPS) is 14.9. The Bertz CT molecular complexity index is 463. The predicted octanol–water partition coefficient (Wildman–Crippen LogP) is 2.11. The average molecular weight is 219 g/mol. The van der Waals surface area contributed by atoms with Gasteiger partial charge in [-0.2, -0.15) is 10.2 Å². The summed E-state index contributed by atoms with van der Waals surface area (Å²) in [4.78, 5) is 0. The van der Waals surface area contributed by atoms with Crippen LogP contribution in [0.15, 0.2) is 28.4 Å². The number of hydrogen-bond acceptors (Lipinski definition) is 3. The Labute approximate surface area is 94.1 Å². The maximum absolute atomic E-state index is 13.7. The molecule has 0 atom stereocenters. The second kappa shape index (κ2) is 4.53. The molecule has 1 aliphatic rings. The van der Waals surface area contributed by atoms with E-state index in [-0.39, 0.29) is 5.82 Å². The Morgan fingerprint density at radius 1 is 1.38 bits per heavy atom. The van der Waals surface area contributed by atoms with Crippen LogP contribution in [0.3, 0.4) is 0 Å². The third-order valence-electron chi connectivity index (χ3n) is 2.55. The molecule has 1 aliphatic heterocycles. The second-order valence-corrected chi connectivity index (χ2v) is 3.86. The van der Waals surface area contributed by atoms with Crippen molar-refractivity contribution in [1.82, 2.24) is 5.32 Å². The first-order valence-electron chi connectivity index (χ1n) is 5.24. The summed E-state index contributed by atoms with van der Waals surface area (Å²) in [6.45, 7) is 2.42. The van der Waals surface area contributed by atoms with Crippen molar-refractivity contribution in [2.24, 2.45) is 10.2 Å². The molecule has 0 fully saturated rings. The summed E-state index contributed by atoms with van der Waals surface area (Å²) in [6.07, 6.45) is 0.708. The van der Waals surface area contributed by atoms with Gasteiger partial charge in [-0.25, -0.2) is 4.39 Å². The van der Waals surface area contributed by atoms with Crippen LogP contribution >= 0.6 is 0 Å². The van der Waals surface area contributed by atoms with E-state index in [1.807, 2.05) is 13.0 Å². The van der Waals surface area contributed by atoms with Crippen molar-refractivity contribution >= 4 is 11.4 Å². The van der Waals surface area contributed by atoms with E-state index in [1.54, 1.807) is 13.1 Å². The summed E-state index contributed by atoms with van der Waals surface area (Å²) in [5, 5.41) is 11.0. The molecule has 0 radical (unpaired) electrons. The minimum atomic E-state index is -0.195. The van der Waals surface area contributed by atoms with Gasteiger partial charge in [-0.05, 0) is 20.0 Å². The maximum Gasteiger partial charge on any atom is 0.128 e. The molecule has 1 heterocycles. The van der Waals surface area contributed by atoms with Gasteiger partial charge in [-0.15, -0.1) is 0 Å². The zero-order valence-corrected chi connectivity index (χ0v) is 9.42. The lowest BCUT2D eigenvalue weighted by molar-refractivity contribution is 0.600. The molecular formula is C12H14FN3. The van der Waals surface area contributed by atoms with E-state index in [4.69, 9.17) is 0 Å². The van der Waals surface area contributed by atoms with Crippen LogP contribution in [0, 0.1) is 5.82 Å². The van der Waals surface area contributed by atoms with Gasteiger partial charge in [-0.3, -0.25) is 0 Å². The summed E-state index contributed by atoms with van der Waals surface area (Å²) < 4.78 is 13.7. The fourth-order valence-corrected chi connectivity index (χ4v) is 1.79. The SMILES string of the molecule is CNCc1c(F)cccc1C1=NN=C(C)C1. The fourth-order valence-electron chi connectivity index (χ4n) is 1.79. The van der Waals surface area contributed by atoms with Gasteiger partial charge in [0.05, 0.1) is 5.71 Å². The number of nitrogens with zero attached hydrogens (tertiary/aromatic N) is 2. The minimum absolute atomic E-state index is 0.195. The predicted molar refractivity (Wildman–Crippen MR) is 63.4 cm³/mol. The van der Waals surface area contributed by atoms with E-state index in [9.17, 15) is 4.39 Å². The number of nitrogens with one attached hydrogen (secondary N) is 1. The zero-order chi connectivity index (χ0) is 11.5. The highest BCUT2D eigenvalue weighted by molar-refractivity contribution is 6.15. The van der Waals surface area contributed by atoms with Gasteiger partial charge < -0.3 is 5.32 Å².